The Bertz CT molecular complexity index is 1180. The van der Waals surface area contributed by atoms with Crippen molar-refractivity contribution >= 4 is 11.1 Å². The van der Waals surface area contributed by atoms with Crippen LogP contribution < -0.4 is 15.2 Å². The van der Waals surface area contributed by atoms with E-state index in [1.165, 1.54) is 0 Å². The maximum atomic E-state index is 8.81. The highest BCUT2D eigenvalue weighted by molar-refractivity contribution is 5.72. The monoisotopic (exact) mass is 399 g/mol. The van der Waals surface area contributed by atoms with Crippen LogP contribution in [0.15, 0.2) is 71.1 Å². The summed E-state index contributed by atoms with van der Waals surface area (Å²) >= 11 is 0. The van der Waals surface area contributed by atoms with Crippen molar-refractivity contribution in [1.82, 2.24) is 4.98 Å². The summed E-state index contributed by atoms with van der Waals surface area (Å²) in [5.74, 6) is 1.81. The number of rotatable bonds is 7. The topological polar surface area (TPSA) is 94.3 Å². The molecular formula is C24H21N3O3. The number of ether oxygens (including phenoxy) is 2. The summed E-state index contributed by atoms with van der Waals surface area (Å²) < 4.78 is 17.4. The predicted octanol–water partition coefficient (Wildman–Crippen LogP) is 4.67. The number of nitriles is 1. The van der Waals surface area contributed by atoms with Crippen molar-refractivity contribution in [3.63, 3.8) is 0 Å². The molecule has 2 N–H and O–H groups in total. The lowest BCUT2D eigenvalue weighted by Gasteiger charge is -2.14. The number of benzene rings is 3. The quantitative estimate of drug-likeness (QED) is 0.485. The van der Waals surface area contributed by atoms with Gasteiger partial charge < -0.3 is 19.6 Å². The summed E-state index contributed by atoms with van der Waals surface area (Å²) in [6.45, 7) is 2.24. The van der Waals surface area contributed by atoms with Gasteiger partial charge in [-0.05, 0) is 42.3 Å². The number of aryl methyl sites for hydroxylation is 1. The van der Waals surface area contributed by atoms with E-state index in [0.717, 1.165) is 22.2 Å². The molecule has 1 unspecified atom stereocenters. The van der Waals surface area contributed by atoms with Crippen molar-refractivity contribution < 1.29 is 13.9 Å². The van der Waals surface area contributed by atoms with Gasteiger partial charge in [0.05, 0.1) is 0 Å². The number of oxazole rings is 1. The molecule has 0 radical (unpaired) electrons. The van der Waals surface area contributed by atoms with Crippen LogP contribution in [0.2, 0.25) is 0 Å². The van der Waals surface area contributed by atoms with Crippen LogP contribution in [0.3, 0.4) is 0 Å². The number of nitrogens with zero attached hydrogens (tertiary/aromatic N) is 2. The Morgan fingerprint density at radius 2 is 1.90 bits per heavy atom. The molecule has 1 aromatic heterocycles. The third-order valence-electron chi connectivity index (χ3n) is 4.76. The molecule has 4 aromatic rings. The molecule has 150 valence electrons. The predicted molar refractivity (Wildman–Crippen MR) is 113 cm³/mol. The lowest BCUT2D eigenvalue weighted by Crippen LogP contribution is -2.12. The minimum atomic E-state index is -0.505. The molecule has 1 atom stereocenters. The maximum absolute atomic E-state index is 8.81. The SMILES string of the molecule is Cc1cccc(COc2cccc(C(N)c3nc4ccccc4o3)c2)c1OCC#N. The van der Waals surface area contributed by atoms with Crippen LogP contribution in [-0.2, 0) is 6.61 Å². The second-order valence-electron chi connectivity index (χ2n) is 6.87. The van der Waals surface area contributed by atoms with Gasteiger partial charge in [0.2, 0.25) is 5.89 Å². The van der Waals surface area contributed by atoms with Crippen LogP contribution >= 0.6 is 0 Å². The summed E-state index contributed by atoms with van der Waals surface area (Å²) in [5, 5.41) is 8.81. The van der Waals surface area contributed by atoms with Crippen LogP contribution in [0.1, 0.15) is 28.6 Å². The van der Waals surface area contributed by atoms with E-state index >= 15 is 0 Å². The average molecular weight is 399 g/mol. The fraction of sp³-hybridized carbons (Fsp3) is 0.167. The van der Waals surface area contributed by atoms with Crippen LogP contribution in [0, 0.1) is 18.3 Å². The molecule has 0 fully saturated rings. The summed E-state index contributed by atoms with van der Waals surface area (Å²) in [7, 11) is 0. The highest BCUT2D eigenvalue weighted by Crippen LogP contribution is 2.28. The zero-order valence-corrected chi connectivity index (χ0v) is 16.5. The standard InChI is InChI=1S/C24H21N3O3/c1-16-6-4-8-18(23(16)28-13-12-25)15-29-19-9-5-7-17(14-19)22(26)24-27-20-10-2-3-11-21(20)30-24/h2-11,14,22H,13,15,26H2,1H3. The molecule has 0 aliphatic carbocycles. The Morgan fingerprint density at radius 1 is 1.07 bits per heavy atom. The number of nitrogens with two attached hydrogens (primary N) is 1. The summed E-state index contributed by atoms with van der Waals surface area (Å²) in [5.41, 5.74) is 10.5. The molecule has 0 saturated heterocycles. The summed E-state index contributed by atoms with van der Waals surface area (Å²) in [4.78, 5) is 4.49. The van der Waals surface area contributed by atoms with Crippen molar-refractivity contribution in [3.05, 3.63) is 89.3 Å². The second-order valence-corrected chi connectivity index (χ2v) is 6.87. The smallest absolute Gasteiger partial charge is 0.217 e. The Labute approximate surface area is 174 Å². The molecule has 0 bridgehead atoms. The Kier molecular flexibility index (Phi) is 5.64. The molecule has 1 heterocycles. The molecule has 6 nitrogen and oxygen atoms in total. The molecule has 0 saturated carbocycles. The normalized spacial score (nSPS) is 11.8. The third-order valence-corrected chi connectivity index (χ3v) is 4.76. The van der Waals surface area contributed by atoms with Gasteiger partial charge in [0, 0.05) is 5.56 Å². The van der Waals surface area contributed by atoms with Gasteiger partial charge in [-0.25, -0.2) is 4.98 Å². The van der Waals surface area contributed by atoms with E-state index in [2.05, 4.69) is 4.98 Å². The van der Waals surface area contributed by atoms with Gasteiger partial charge in [0.1, 0.15) is 35.7 Å². The molecule has 0 spiro atoms. The molecule has 30 heavy (non-hydrogen) atoms. The molecular weight excluding hydrogens is 378 g/mol. The first-order valence-corrected chi connectivity index (χ1v) is 9.58. The van der Waals surface area contributed by atoms with Crippen LogP contribution in [-0.4, -0.2) is 11.6 Å². The van der Waals surface area contributed by atoms with E-state index in [9.17, 15) is 0 Å². The van der Waals surface area contributed by atoms with Gasteiger partial charge in [-0.3, -0.25) is 0 Å². The lowest BCUT2D eigenvalue weighted by atomic mass is 10.1. The van der Waals surface area contributed by atoms with E-state index in [1.54, 1.807) is 0 Å². The van der Waals surface area contributed by atoms with Gasteiger partial charge in [-0.2, -0.15) is 5.26 Å². The minimum absolute atomic E-state index is 0.00725. The van der Waals surface area contributed by atoms with Crippen molar-refractivity contribution in [3.8, 4) is 17.6 Å². The number of hydrogen-bond acceptors (Lipinski definition) is 6. The van der Waals surface area contributed by atoms with E-state index in [4.69, 9.17) is 24.9 Å². The van der Waals surface area contributed by atoms with Crippen LogP contribution in [0.5, 0.6) is 11.5 Å². The van der Waals surface area contributed by atoms with Crippen LogP contribution in [0.25, 0.3) is 11.1 Å². The first kappa shape index (κ1) is 19.5. The molecule has 0 aliphatic rings. The zero-order chi connectivity index (χ0) is 20.9. The lowest BCUT2D eigenvalue weighted by molar-refractivity contribution is 0.290. The van der Waals surface area contributed by atoms with Crippen molar-refractivity contribution in [2.75, 3.05) is 6.61 Å². The maximum Gasteiger partial charge on any atom is 0.217 e. The van der Waals surface area contributed by atoms with E-state index in [0.29, 0.717) is 29.6 Å². The molecule has 4 rings (SSSR count). The number of aromatic nitrogens is 1. The number of para-hydroxylation sites is 3. The fourth-order valence-corrected chi connectivity index (χ4v) is 3.26. The molecule has 0 amide bonds. The zero-order valence-electron chi connectivity index (χ0n) is 16.5. The van der Waals surface area contributed by atoms with Gasteiger partial charge in [-0.15, -0.1) is 0 Å². The molecule has 6 heteroatoms. The average Bonchev–Trinajstić information content (AvgIpc) is 3.21. The number of fused-ring (bicyclic) bond motifs is 1. The first-order chi connectivity index (χ1) is 14.7. The van der Waals surface area contributed by atoms with Crippen molar-refractivity contribution in [1.29, 1.82) is 5.26 Å². The molecule has 3 aromatic carbocycles. The summed E-state index contributed by atoms with van der Waals surface area (Å²) in [6, 6.07) is 22.4. The Balaban J connectivity index is 1.52. The van der Waals surface area contributed by atoms with E-state index in [1.807, 2.05) is 79.7 Å². The van der Waals surface area contributed by atoms with E-state index in [-0.39, 0.29) is 6.61 Å². The Hall–Kier alpha value is -3.82. The van der Waals surface area contributed by atoms with Gasteiger partial charge in [-0.1, -0.05) is 42.5 Å². The first-order valence-electron chi connectivity index (χ1n) is 9.58. The van der Waals surface area contributed by atoms with Crippen LogP contribution in [0.4, 0.5) is 0 Å². The van der Waals surface area contributed by atoms with Crippen molar-refractivity contribution in [2.24, 2.45) is 5.73 Å². The van der Waals surface area contributed by atoms with Gasteiger partial charge in [0.15, 0.2) is 12.2 Å². The number of hydrogen-bond donors (Lipinski definition) is 1. The van der Waals surface area contributed by atoms with Crippen molar-refractivity contribution in [2.45, 2.75) is 19.6 Å². The van der Waals surface area contributed by atoms with E-state index < -0.39 is 6.04 Å². The highest BCUT2D eigenvalue weighted by Gasteiger charge is 2.17. The summed E-state index contributed by atoms with van der Waals surface area (Å²) in [6.07, 6.45) is 0. The minimum Gasteiger partial charge on any atom is -0.489 e. The highest BCUT2D eigenvalue weighted by atomic mass is 16.5. The van der Waals surface area contributed by atoms with Gasteiger partial charge >= 0.3 is 0 Å². The Morgan fingerprint density at radius 3 is 2.73 bits per heavy atom. The largest absolute Gasteiger partial charge is 0.489 e. The van der Waals surface area contributed by atoms with Gasteiger partial charge in [0.25, 0.3) is 0 Å². The fourth-order valence-electron chi connectivity index (χ4n) is 3.26. The second kappa shape index (κ2) is 8.68. The molecule has 0 aliphatic heterocycles. The third kappa shape index (κ3) is 4.12.